The molecule has 0 aliphatic heterocycles. The maximum Gasteiger partial charge on any atom is 0.0578 e. The summed E-state index contributed by atoms with van der Waals surface area (Å²) in [6.45, 7) is 18.4. The molecule has 0 aromatic rings. The minimum atomic E-state index is 0.554. The van der Waals surface area contributed by atoms with E-state index < -0.39 is 0 Å². The van der Waals surface area contributed by atoms with Gasteiger partial charge in [0.2, 0.25) is 0 Å². The monoisotopic (exact) mass is 430 g/mol. The molecule has 0 spiro atoms. The van der Waals surface area contributed by atoms with Crippen LogP contribution >= 0.6 is 0 Å². The quantitative estimate of drug-likeness (QED) is 0.392. The highest BCUT2D eigenvalue weighted by Gasteiger charge is 2.60. The maximum absolute atomic E-state index is 6.09. The average Bonchev–Trinajstić information content (AvgIpc) is 3.09. The van der Waals surface area contributed by atoms with Gasteiger partial charge in [0.15, 0.2) is 0 Å². The van der Waals surface area contributed by atoms with Gasteiger partial charge in [-0.25, -0.2) is 0 Å². The standard InChI is InChI=1S/C30H54O/c1-8-31-24-15-17-29(6)23(19-24)11-12-25-27-14-13-26(30(27,7)18-16-28(25)29)22(5)10-9-21(4)20(2)3/h20-28H,8-19H2,1-7H3/t21-,22+,23?,24?,25-,26+,27-,28-,29-,30+/m0/s1. The molecule has 4 fully saturated rings. The molecule has 0 N–H and O–H groups in total. The number of rotatable bonds is 7. The Hall–Kier alpha value is -0.0400. The van der Waals surface area contributed by atoms with Crippen molar-refractivity contribution in [1.82, 2.24) is 0 Å². The van der Waals surface area contributed by atoms with Crippen molar-refractivity contribution in [3.63, 3.8) is 0 Å². The summed E-state index contributed by atoms with van der Waals surface area (Å²) in [5.41, 5.74) is 1.24. The third kappa shape index (κ3) is 4.28. The Morgan fingerprint density at radius 3 is 2.23 bits per heavy atom. The molecule has 0 amide bonds. The van der Waals surface area contributed by atoms with Crippen LogP contribution in [0.4, 0.5) is 0 Å². The van der Waals surface area contributed by atoms with Gasteiger partial charge in [-0.1, -0.05) is 54.4 Å². The minimum absolute atomic E-state index is 0.554. The van der Waals surface area contributed by atoms with Crippen molar-refractivity contribution in [2.75, 3.05) is 6.61 Å². The van der Waals surface area contributed by atoms with Crippen molar-refractivity contribution in [2.45, 2.75) is 125 Å². The molecule has 0 bridgehead atoms. The Balaban J connectivity index is 1.43. The summed E-state index contributed by atoms with van der Waals surface area (Å²) in [5.74, 6) is 7.59. The van der Waals surface area contributed by atoms with Gasteiger partial charge in [-0.15, -0.1) is 0 Å². The van der Waals surface area contributed by atoms with Crippen molar-refractivity contribution >= 4 is 0 Å². The molecule has 31 heavy (non-hydrogen) atoms. The molecule has 0 aromatic heterocycles. The normalized spacial score (nSPS) is 46.8. The smallest absolute Gasteiger partial charge is 0.0578 e. The van der Waals surface area contributed by atoms with Gasteiger partial charge in [0.1, 0.15) is 0 Å². The fourth-order valence-corrected chi connectivity index (χ4v) is 9.64. The van der Waals surface area contributed by atoms with Gasteiger partial charge < -0.3 is 4.74 Å². The predicted molar refractivity (Wildman–Crippen MR) is 133 cm³/mol. The second-order valence-electron chi connectivity index (χ2n) is 13.5. The highest BCUT2D eigenvalue weighted by atomic mass is 16.5. The van der Waals surface area contributed by atoms with E-state index in [2.05, 4.69) is 48.5 Å². The number of hydrogen-bond acceptors (Lipinski definition) is 1. The van der Waals surface area contributed by atoms with Gasteiger partial charge in [-0.2, -0.15) is 0 Å². The molecule has 0 heterocycles. The molecule has 4 saturated carbocycles. The first kappa shape index (κ1) is 24.1. The lowest BCUT2D eigenvalue weighted by atomic mass is 9.44. The van der Waals surface area contributed by atoms with Gasteiger partial charge in [-0.05, 0) is 123 Å². The average molecular weight is 431 g/mol. The van der Waals surface area contributed by atoms with E-state index in [4.69, 9.17) is 4.74 Å². The van der Waals surface area contributed by atoms with E-state index in [0.717, 1.165) is 54.0 Å². The molecular formula is C30H54O. The lowest BCUT2D eigenvalue weighted by Gasteiger charge is -2.61. The second-order valence-corrected chi connectivity index (χ2v) is 13.5. The SMILES string of the molecule is CCOC1CC[C@@]2(C)C(CC[C@H]3[C@@H]4CC[C@H]([C@H](C)CC[C@H](C)C(C)C)[C@@]4(C)CC[C@@H]32)C1. The Morgan fingerprint density at radius 2 is 1.52 bits per heavy atom. The molecule has 1 nitrogen and oxygen atoms in total. The largest absolute Gasteiger partial charge is 0.378 e. The Bertz CT molecular complexity index is 597. The van der Waals surface area contributed by atoms with Crippen LogP contribution in [0.15, 0.2) is 0 Å². The summed E-state index contributed by atoms with van der Waals surface area (Å²) in [6.07, 6.45) is 16.7. The van der Waals surface area contributed by atoms with Gasteiger partial charge >= 0.3 is 0 Å². The lowest BCUT2D eigenvalue weighted by molar-refractivity contribution is -0.136. The van der Waals surface area contributed by atoms with Gasteiger partial charge in [-0.3, -0.25) is 0 Å². The third-order valence-electron chi connectivity index (χ3n) is 12.0. The third-order valence-corrected chi connectivity index (χ3v) is 12.0. The zero-order chi connectivity index (χ0) is 22.4. The summed E-state index contributed by atoms with van der Waals surface area (Å²) in [4.78, 5) is 0. The van der Waals surface area contributed by atoms with Gasteiger partial charge in [0.05, 0.1) is 6.10 Å². The van der Waals surface area contributed by atoms with Crippen molar-refractivity contribution < 1.29 is 4.74 Å². The van der Waals surface area contributed by atoms with Gasteiger partial charge in [0, 0.05) is 6.61 Å². The van der Waals surface area contributed by atoms with Gasteiger partial charge in [0.25, 0.3) is 0 Å². The molecule has 4 aliphatic rings. The van der Waals surface area contributed by atoms with Crippen molar-refractivity contribution in [3.8, 4) is 0 Å². The summed E-state index contributed by atoms with van der Waals surface area (Å²) >= 11 is 0. The first-order chi connectivity index (χ1) is 14.7. The van der Waals surface area contributed by atoms with E-state index in [-0.39, 0.29) is 0 Å². The number of fused-ring (bicyclic) bond motifs is 5. The van der Waals surface area contributed by atoms with Crippen LogP contribution in [0.2, 0.25) is 0 Å². The van der Waals surface area contributed by atoms with Crippen LogP contribution in [0, 0.1) is 58.2 Å². The molecular weight excluding hydrogens is 376 g/mol. The highest BCUT2D eigenvalue weighted by Crippen LogP contribution is 2.68. The molecule has 0 radical (unpaired) electrons. The Kier molecular flexibility index (Phi) is 7.23. The molecule has 10 atom stereocenters. The molecule has 1 heteroatoms. The molecule has 2 unspecified atom stereocenters. The molecule has 0 saturated heterocycles. The van der Waals surface area contributed by atoms with Crippen molar-refractivity contribution in [2.24, 2.45) is 58.2 Å². The number of ether oxygens (including phenoxy) is 1. The molecule has 180 valence electrons. The zero-order valence-electron chi connectivity index (χ0n) is 22.1. The van der Waals surface area contributed by atoms with E-state index in [9.17, 15) is 0 Å². The van der Waals surface area contributed by atoms with E-state index in [1.807, 2.05) is 0 Å². The first-order valence-corrected chi connectivity index (χ1v) is 14.3. The van der Waals surface area contributed by atoms with Crippen LogP contribution < -0.4 is 0 Å². The molecule has 4 rings (SSSR count). The number of hydrogen-bond donors (Lipinski definition) is 0. The molecule has 4 aliphatic carbocycles. The van der Waals surface area contributed by atoms with Crippen LogP contribution in [0.25, 0.3) is 0 Å². The summed E-state index contributed by atoms with van der Waals surface area (Å²) < 4.78 is 6.09. The Labute approximate surface area is 194 Å². The lowest BCUT2D eigenvalue weighted by Crippen LogP contribution is -2.54. The second kappa shape index (κ2) is 9.31. The van der Waals surface area contributed by atoms with Crippen molar-refractivity contribution in [3.05, 3.63) is 0 Å². The minimum Gasteiger partial charge on any atom is -0.378 e. The van der Waals surface area contributed by atoms with E-state index >= 15 is 0 Å². The van der Waals surface area contributed by atoms with Crippen LogP contribution in [0.5, 0.6) is 0 Å². The van der Waals surface area contributed by atoms with Crippen LogP contribution in [-0.4, -0.2) is 12.7 Å². The summed E-state index contributed by atoms with van der Waals surface area (Å²) in [7, 11) is 0. The summed E-state index contributed by atoms with van der Waals surface area (Å²) in [6, 6.07) is 0. The highest BCUT2D eigenvalue weighted by molar-refractivity contribution is 5.09. The summed E-state index contributed by atoms with van der Waals surface area (Å²) in [5, 5.41) is 0. The van der Waals surface area contributed by atoms with E-state index in [1.165, 1.54) is 70.6 Å². The maximum atomic E-state index is 6.09. The fraction of sp³-hybridized carbons (Fsp3) is 1.00. The van der Waals surface area contributed by atoms with Crippen LogP contribution in [0.3, 0.4) is 0 Å². The van der Waals surface area contributed by atoms with Crippen LogP contribution in [0.1, 0.15) is 119 Å². The topological polar surface area (TPSA) is 9.23 Å². The first-order valence-electron chi connectivity index (χ1n) is 14.3. The fourth-order valence-electron chi connectivity index (χ4n) is 9.64. The molecule has 0 aromatic carbocycles. The van der Waals surface area contributed by atoms with Crippen LogP contribution in [-0.2, 0) is 4.74 Å². The van der Waals surface area contributed by atoms with Crippen molar-refractivity contribution in [1.29, 1.82) is 0 Å². The Morgan fingerprint density at radius 1 is 0.806 bits per heavy atom. The zero-order valence-corrected chi connectivity index (χ0v) is 22.1. The predicted octanol–water partition coefficient (Wildman–Crippen LogP) is 8.76. The van der Waals surface area contributed by atoms with E-state index in [0.29, 0.717) is 16.9 Å². The van der Waals surface area contributed by atoms with E-state index in [1.54, 1.807) is 0 Å².